The quantitative estimate of drug-likeness (QED) is 0.740. The molecule has 106 valence electrons. The van der Waals surface area contributed by atoms with E-state index in [1.54, 1.807) is 0 Å². The molecule has 2 N–H and O–H groups in total. The maximum Gasteiger partial charge on any atom is 0.238 e. The lowest BCUT2D eigenvalue weighted by Gasteiger charge is -2.09. The summed E-state index contributed by atoms with van der Waals surface area (Å²) in [5.41, 5.74) is 2.15. The number of amides is 1. The Bertz CT molecular complexity index is 382. The van der Waals surface area contributed by atoms with Crippen molar-refractivity contribution in [2.45, 2.75) is 40.0 Å². The molecular weight excluding hydrogens is 236 g/mol. The van der Waals surface area contributed by atoms with Gasteiger partial charge in [0.2, 0.25) is 5.91 Å². The second kappa shape index (κ2) is 7.95. The predicted octanol–water partition coefficient (Wildman–Crippen LogP) is 3.38. The van der Waals surface area contributed by atoms with Gasteiger partial charge in [-0.3, -0.25) is 4.79 Å². The first-order chi connectivity index (χ1) is 8.99. The molecule has 3 heteroatoms. The van der Waals surface area contributed by atoms with E-state index in [9.17, 15) is 4.79 Å². The maximum atomic E-state index is 11.7. The molecule has 0 aliphatic heterocycles. The molecule has 0 heterocycles. The monoisotopic (exact) mass is 262 g/mol. The first-order valence-electron chi connectivity index (χ1n) is 7.09. The number of hydrogen-bond donors (Lipinski definition) is 2. The molecule has 0 radical (unpaired) electrons. The molecule has 0 aliphatic carbocycles. The Morgan fingerprint density at radius 2 is 1.74 bits per heavy atom. The second-order valence-electron chi connectivity index (χ2n) is 5.68. The predicted molar refractivity (Wildman–Crippen MR) is 81.5 cm³/mol. The number of carbonyl (C=O) groups is 1. The molecule has 0 aromatic heterocycles. The fourth-order valence-electron chi connectivity index (χ4n) is 1.75. The summed E-state index contributed by atoms with van der Waals surface area (Å²) in [6.07, 6.45) is 1.09. The Balaban J connectivity index is 2.32. The van der Waals surface area contributed by atoms with E-state index in [2.05, 4.69) is 50.5 Å². The average molecular weight is 262 g/mol. The Kier molecular flexibility index (Phi) is 6.57. The van der Waals surface area contributed by atoms with Gasteiger partial charge in [-0.1, -0.05) is 39.8 Å². The summed E-state index contributed by atoms with van der Waals surface area (Å²) in [5.74, 6) is 1.20. The highest BCUT2D eigenvalue weighted by atomic mass is 16.1. The minimum atomic E-state index is 0.0149. The van der Waals surface area contributed by atoms with Crippen LogP contribution in [0.25, 0.3) is 0 Å². The van der Waals surface area contributed by atoms with Crippen LogP contribution in [0.1, 0.15) is 45.6 Å². The maximum absolute atomic E-state index is 11.7. The zero-order valence-corrected chi connectivity index (χ0v) is 12.5. The Morgan fingerprint density at radius 3 is 2.26 bits per heavy atom. The normalized spacial score (nSPS) is 11.1. The van der Waals surface area contributed by atoms with Gasteiger partial charge in [0, 0.05) is 5.69 Å². The number of hydrogen-bond acceptors (Lipinski definition) is 2. The smallest absolute Gasteiger partial charge is 0.238 e. The summed E-state index contributed by atoms with van der Waals surface area (Å²) in [7, 11) is 0. The lowest BCUT2D eigenvalue weighted by molar-refractivity contribution is -0.115. The molecule has 0 fully saturated rings. The molecule has 0 bridgehead atoms. The molecule has 3 nitrogen and oxygen atoms in total. The minimum Gasteiger partial charge on any atom is -0.325 e. The number of rotatable bonds is 7. The van der Waals surface area contributed by atoms with Crippen LogP contribution in [-0.2, 0) is 4.79 Å². The van der Waals surface area contributed by atoms with Crippen LogP contribution in [0.3, 0.4) is 0 Å². The van der Waals surface area contributed by atoms with Crippen molar-refractivity contribution in [3.05, 3.63) is 29.8 Å². The lowest BCUT2D eigenvalue weighted by Crippen LogP contribution is -2.29. The fraction of sp³-hybridized carbons (Fsp3) is 0.562. The van der Waals surface area contributed by atoms with Gasteiger partial charge < -0.3 is 10.6 Å². The van der Waals surface area contributed by atoms with Crippen LogP contribution in [0.2, 0.25) is 0 Å². The van der Waals surface area contributed by atoms with Gasteiger partial charge in [0.1, 0.15) is 0 Å². The van der Waals surface area contributed by atoms with Gasteiger partial charge in [0.15, 0.2) is 0 Å². The summed E-state index contributed by atoms with van der Waals surface area (Å²) >= 11 is 0. The zero-order valence-electron chi connectivity index (χ0n) is 12.5. The summed E-state index contributed by atoms with van der Waals surface area (Å²) in [5, 5.41) is 6.05. The van der Waals surface area contributed by atoms with Crippen molar-refractivity contribution < 1.29 is 4.79 Å². The van der Waals surface area contributed by atoms with E-state index in [0.29, 0.717) is 18.4 Å². The molecule has 1 aromatic carbocycles. The van der Waals surface area contributed by atoms with Crippen molar-refractivity contribution in [3.8, 4) is 0 Å². The second-order valence-corrected chi connectivity index (χ2v) is 5.68. The van der Waals surface area contributed by atoms with Gasteiger partial charge in [0.05, 0.1) is 6.54 Å². The van der Waals surface area contributed by atoms with Crippen LogP contribution < -0.4 is 10.6 Å². The molecule has 1 rings (SSSR count). The molecule has 19 heavy (non-hydrogen) atoms. The van der Waals surface area contributed by atoms with Gasteiger partial charge in [-0.25, -0.2) is 0 Å². The third-order valence-corrected chi connectivity index (χ3v) is 3.05. The van der Waals surface area contributed by atoms with E-state index in [1.807, 2.05) is 12.1 Å². The van der Waals surface area contributed by atoms with Crippen LogP contribution in [0.15, 0.2) is 24.3 Å². The van der Waals surface area contributed by atoms with Crippen LogP contribution >= 0.6 is 0 Å². The molecular formula is C16H26N2O. The van der Waals surface area contributed by atoms with Crippen LogP contribution in [0.5, 0.6) is 0 Å². The summed E-state index contributed by atoms with van der Waals surface area (Å²) in [6, 6.07) is 8.04. The van der Waals surface area contributed by atoms with Crippen LogP contribution in [0.4, 0.5) is 5.69 Å². The van der Waals surface area contributed by atoms with Crippen LogP contribution in [0, 0.1) is 5.92 Å². The zero-order chi connectivity index (χ0) is 14.3. The van der Waals surface area contributed by atoms with Gasteiger partial charge in [-0.15, -0.1) is 0 Å². The van der Waals surface area contributed by atoms with Crippen LogP contribution in [-0.4, -0.2) is 19.0 Å². The van der Waals surface area contributed by atoms with Crippen molar-refractivity contribution in [1.29, 1.82) is 0 Å². The SMILES string of the molecule is CC(C)CCNCC(=O)Nc1ccc(C(C)C)cc1. The van der Waals surface area contributed by atoms with E-state index in [0.717, 1.165) is 18.7 Å². The third-order valence-electron chi connectivity index (χ3n) is 3.05. The molecule has 0 unspecified atom stereocenters. The Labute approximate surface area is 116 Å². The van der Waals surface area contributed by atoms with E-state index >= 15 is 0 Å². The number of carbonyl (C=O) groups excluding carboxylic acids is 1. The molecule has 0 saturated carbocycles. The summed E-state index contributed by atoms with van der Waals surface area (Å²) in [4.78, 5) is 11.7. The molecule has 0 spiro atoms. The Morgan fingerprint density at radius 1 is 1.11 bits per heavy atom. The van der Waals surface area contributed by atoms with Gasteiger partial charge in [0.25, 0.3) is 0 Å². The van der Waals surface area contributed by atoms with Gasteiger partial charge in [-0.05, 0) is 42.5 Å². The lowest BCUT2D eigenvalue weighted by atomic mass is 10.0. The molecule has 1 aromatic rings. The first-order valence-corrected chi connectivity index (χ1v) is 7.09. The van der Waals surface area contributed by atoms with Gasteiger partial charge in [-0.2, -0.15) is 0 Å². The number of benzene rings is 1. The number of anilines is 1. The standard InChI is InChI=1S/C16H26N2O/c1-12(2)9-10-17-11-16(19)18-15-7-5-14(6-8-15)13(3)4/h5-8,12-13,17H,9-11H2,1-4H3,(H,18,19). The fourth-order valence-corrected chi connectivity index (χ4v) is 1.75. The van der Waals surface area contributed by atoms with Crippen molar-refractivity contribution in [2.75, 3.05) is 18.4 Å². The highest BCUT2D eigenvalue weighted by Crippen LogP contribution is 2.16. The highest BCUT2D eigenvalue weighted by molar-refractivity contribution is 5.92. The Hall–Kier alpha value is -1.35. The third kappa shape index (κ3) is 6.39. The first kappa shape index (κ1) is 15.7. The van der Waals surface area contributed by atoms with Crippen molar-refractivity contribution in [3.63, 3.8) is 0 Å². The highest BCUT2D eigenvalue weighted by Gasteiger charge is 2.03. The average Bonchev–Trinajstić information content (AvgIpc) is 2.35. The molecule has 0 aliphatic rings. The topological polar surface area (TPSA) is 41.1 Å². The largest absolute Gasteiger partial charge is 0.325 e. The van der Waals surface area contributed by atoms with Crippen molar-refractivity contribution >= 4 is 11.6 Å². The molecule has 0 saturated heterocycles. The summed E-state index contributed by atoms with van der Waals surface area (Å²) < 4.78 is 0. The van der Waals surface area contributed by atoms with E-state index in [1.165, 1.54) is 5.56 Å². The molecule has 0 atom stereocenters. The van der Waals surface area contributed by atoms with E-state index in [4.69, 9.17) is 0 Å². The minimum absolute atomic E-state index is 0.0149. The number of nitrogens with one attached hydrogen (secondary N) is 2. The summed E-state index contributed by atoms with van der Waals surface area (Å²) in [6.45, 7) is 9.94. The van der Waals surface area contributed by atoms with Crippen molar-refractivity contribution in [1.82, 2.24) is 5.32 Å². The van der Waals surface area contributed by atoms with E-state index in [-0.39, 0.29) is 5.91 Å². The van der Waals surface area contributed by atoms with Gasteiger partial charge >= 0.3 is 0 Å². The molecule has 1 amide bonds. The van der Waals surface area contributed by atoms with E-state index < -0.39 is 0 Å². The van der Waals surface area contributed by atoms with Crippen molar-refractivity contribution in [2.24, 2.45) is 5.92 Å².